The molecule has 0 atom stereocenters. The molecular weight excluding hydrogens is 394 g/mol. The monoisotopic (exact) mass is 411 g/mol. The van der Waals surface area contributed by atoms with Gasteiger partial charge in [0.2, 0.25) is 5.91 Å². The lowest BCUT2D eigenvalue weighted by Gasteiger charge is -2.09. The van der Waals surface area contributed by atoms with Crippen LogP contribution in [-0.4, -0.2) is 21.5 Å². The average molecular weight is 412 g/mol. The van der Waals surface area contributed by atoms with Crippen molar-refractivity contribution in [2.24, 2.45) is 0 Å². The fraction of sp³-hybridized carbons (Fsp3) is 0.150. The highest BCUT2D eigenvalue weighted by molar-refractivity contribution is 9.10. The maximum Gasteiger partial charge on any atom is 0.225 e. The summed E-state index contributed by atoms with van der Waals surface area (Å²) in [5.41, 5.74) is 1.70. The third kappa shape index (κ3) is 4.89. The standard InChI is InChI=1S/C20H18BrN3O2/c21-17-8-6-16(7-9-17)18(25)10-11-20(26)23-19-12-13-22-24(19)14-15-4-2-1-3-5-15/h1-9,12-13H,10-11,14H2,(H,23,26). The summed E-state index contributed by atoms with van der Waals surface area (Å²) in [6.45, 7) is 0.571. The maximum absolute atomic E-state index is 12.2. The van der Waals surface area contributed by atoms with Gasteiger partial charge in [-0.25, -0.2) is 4.68 Å². The number of benzene rings is 2. The van der Waals surface area contributed by atoms with Crippen LogP contribution in [-0.2, 0) is 11.3 Å². The summed E-state index contributed by atoms with van der Waals surface area (Å²) in [5.74, 6) is 0.366. The highest BCUT2D eigenvalue weighted by Gasteiger charge is 2.11. The lowest BCUT2D eigenvalue weighted by molar-refractivity contribution is -0.116. The molecule has 0 spiro atoms. The van der Waals surface area contributed by atoms with Gasteiger partial charge in [0.15, 0.2) is 5.78 Å². The third-order valence-electron chi connectivity index (χ3n) is 3.90. The molecule has 1 amide bonds. The molecule has 0 saturated carbocycles. The van der Waals surface area contributed by atoms with Gasteiger partial charge >= 0.3 is 0 Å². The zero-order valence-electron chi connectivity index (χ0n) is 14.1. The van der Waals surface area contributed by atoms with Crippen molar-refractivity contribution in [3.05, 3.63) is 82.5 Å². The number of carbonyl (C=O) groups is 2. The Labute approximate surface area is 160 Å². The number of Topliss-reactive ketones (excluding diaryl/α,β-unsaturated/α-hetero) is 1. The molecule has 0 bridgehead atoms. The van der Waals surface area contributed by atoms with E-state index in [2.05, 4.69) is 26.3 Å². The van der Waals surface area contributed by atoms with Crippen molar-refractivity contribution in [2.75, 3.05) is 5.32 Å². The Balaban J connectivity index is 1.55. The van der Waals surface area contributed by atoms with Crippen molar-refractivity contribution in [3.63, 3.8) is 0 Å². The zero-order valence-corrected chi connectivity index (χ0v) is 15.6. The van der Waals surface area contributed by atoms with Crippen LogP contribution in [0.25, 0.3) is 0 Å². The fourth-order valence-electron chi connectivity index (χ4n) is 2.53. The Morgan fingerprint density at radius 2 is 1.69 bits per heavy atom. The minimum atomic E-state index is -0.203. The Kier molecular flexibility index (Phi) is 5.96. The first-order valence-electron chi connectivity index (χ1n) is 8.26. The normalized spacial score (nSPS) is 10.5. The number of rotatable bonds is 7. The van der Waals surface area contributed by atoms with Crippen LogP contribution < -0.4 is 5.32 Å². The predicted octanol–water partition coefficient (Wildman–Crippen LogP) is 4.30. The van der Waals surface area contributed by atoms with E-state index in [1.54, 1.807) is 29.1 Å². The van der Waals surface area contributed by atoms with Crippen LogP contribution in [0.3, 0.4) is 0 Å². The molecule has 0 aliphatic rings. The molecule has 0 radical (unpaired) electrons. The van der Waals surface area contributed by atoms with E-state index in [0.717, 1.165) is 10.0 Å². The van der Waals surface area contributed by atoms with Gasteiger partial charge in [-0.05, 0) is 17.7 Å². The second-order valence-electron chi connectivity index (χ2n) is 5.84. The number of aromatic nitrogens is 2. The molecule has 0 aliphatic heterocycles. The van der Waals surface area contributed by atoms with E-state index >= 15 is 0 Å². The first kappa shape index (κ1) is 18.1. The molecule has 132 valence electrons. The summed E-state index contributed by atoms with van der Waals surface area (Å²) in [6.07, 6.45) is 1.94. The topological polar surface area (TPSA) is 64.0 Å². The second kappa shape index (κ2) is 8.58. The number of hydrogen-bond donors (Lipinski definition) is 1. The first-order valence-corrected chi connectivity index (χ1v) is 9.05. The van der Waals surface area contributed by atoms with E-state index in [-0.39, 0.29) is 24.5 Å². The minimum absolute atomic E-state index is 0.0505. The number of ketones is 1. The molecular formula is C20H18BrN3O2. The predicted molar refractivity (Wildman–Crippen MR) is 104 cm³/mol. The van der Waals surface area contributed by atoms with Crippen molar-refractivity contribution >= 4 is 33.4 Å². The van der Waals surface area contributed by atoms with E-state index in [0.29, 0.717) is 17.9 Å². The summed E-state index contributed by atoms with van der Waals surface area (Å²) in [7, 11) is 0. The molecule has 0 unspecified atom stereocenters. The Hall–Kier alpha value is -2.73. The van der Waals surface area contributed by atoms with Crippen molar-refractivity contribution in [1.82, 2.24) is 9.78 Å². The molecule has 26 heavy (non-hydrogen) atoms. The zero-order chi connectivity index (χ0) is 18.4. The molecule has 1 N–H and O–H groups in total. The van der Waals surface area contributed by atoms with Gasteiger partial charge in [-0.2, -0.15) is 5.10 Å². The number of nitrogens with one attached hydrogen (secondary N) is 1. The minimum Gasteiger partial charge on any atom is -0.311 e. The Morgan fingerprint density at radius 3 is 2.42 bits per heavy atom. The van der Waals surface area contributed by atoms with E-state index < -0.39 is 0 Å². The van der Waals surface area contributed by atoms with E-state index in [4.69, 9.17) is 0 Å². The lowest BCUT2D eigenvalue weighted by Crippen LogP contribution is -2.17. The van der Waals surface area contributed by atoms with Gasteiger partial charge in [-0.3, -0.25) is 9.59 Å². The molecule has 0 saturated heterocycles. The number of hydrogen-bond acceptors (Lipinski definition) is 3. The molecule has 5 nitrogen and oxygen atoms in total. The number of carbonyl (C=O) groups excluding carboxylic acids is 2. The first-order chi connectivity index (χ1) is 12.6. The van der Waals surface area contributed by atoms with Gasteiger partial charge in [0.1, 0.15) is 5.82 Å². The average Bonchev–Trinajstić information content (AvgIpc) is 3.08. The van der Waals surface area contributed by atoms with Gasteiger partial charge in [0, 0.05) is 28.9 Å². The van der Waals surface area contributed by atoms with Crippen LogP contribution >= 0.6 is 15.9 Å². The van der Waals surface area contributed by atoms with Gasteiger partial charge in [0.25, 0.3) is 0 Å². The second-order valence-corrected chi connectivity index (χ2v) is 6.75. The van der Waals surface area contributed by atoms with Crippen LogP contribution in [0.2, 0.25) is 0 Å². The number of halogens is 1. The molecule has 1 heterocycles. The Morgan fingerprint density at radius 1 is 0.962 bits per heavy atom. The van der Waals surface area contributed by atoms with Crippen molar-refractivity contribution in [1.29, 1.82) is 0 Å². The summed E-state index contributed by atoms with van der Waals surface area (Å²) < 4.78 is 2.64. The molecule has 0 aliphatic carbocycles. The number of nitrogens with zero attached hydrogens (tertiary/aromatic N) is 2. The highest BCUT2D eigenvalue weighted by atomic mass is 79.9. The molecule has 3 rings (SSSR count). The molecule has 0 fully saturated rings. The fourth-order valence-corrected chi connectivity index (χ4v) is 2.80. The smallest absolute Gasteiger partial charge is 0.225 e. The Bertz CT molecular complexity index is 889. The van der Waals surface area contributed by atoms with Crippen molar-refractivity contribution in [3.8, 4) is 0 Å². The van der Waals surface area contributed by atoms with Gasteiger partial charge in [-0.1, -0.05) is 58.4 Å². The summed E-state index contributed by atoms with van der Waals surface area (Å²) in [5, 5.41) is 7.07. The largest absolute Gasteiger partial charge is 0.311 e. The number of anilines is 1. The quantitative estimate of drug-likeness (QED) is 0.589. The molecule has 3 aromatic rings. The third-order valence-corrected chi connectivity index (χ3v) is 4.43. The SMILES string of the molecule is O=C(CCC(=O)c1ccc(Br)cc1)Nc1ccnn1Cc1ccccc1. The van der Waals surface area contributed by atoms with Gasteiger partial charge < -0.3 is 5.32 Å². The van der Waals surface area contributed by atoms with Crippen LogP contribution in [0.1, 0.15) is 28.8 Å². The molecule has 1 aromatic heterocycles. The van der Waals surface area contributed by atoms with Crippen molar-refractivity contribution in [2.45, 2.75) is 19.4 Å². The van der Waals surface area contributed by atoms with Crippen LogP contribution in [0.5, 0.6) is 0 Å². The van der Waals surface area contributed by atoms with E-state index in [9.17, 15) is 9.59 Å². The molecule has 6 heteroatoms. The molecule has 2 aromatic carbocycles. The van der Waals surface area contributed by atoms with E-state index in [1.807, 2.05) is 42.5 Å². The summed E-state index contributed by atoms with van der Waals surface area (Å²) in [6, 6.07) is 18.8. The van der Waals surface area contributed by atoms with E-state index in [1.165, 1.54) is 0 Å². The highest BCUT2D eigenvalue weighted by Crippen LogP contribution is 2.14. The van der Waals surface area contributed by atoms with Crippen molar-refractivity contribution < 1.29 is 9.59 Å². The summed E-state index contributed by atoms with van der Waals surface area (Å²) in [4.78, 5) is 24.4. The van der Waals surface area contributed by atoms with Crippen LogP contribution in [0.15, 0.2) is 71.3 Å². The van der Waals surface area contributed by atoms with Gasteiger partial charge in [-0.15, -0.1) is 0 Å². The van der Waals surface area contributed by atoms with Gasteiger partial charge in [0.05, 0.1) is 12.7 Å². The maximum atomic E-state index is 12.2. The van der Waals surface area contributed by atoms with Crippen LogP contribution in [0.4, 0.5) is 5.82 Å². The van der Waals surface area contributed by atoms with Crippen LogP contribution in [0, 0.1) is 0 Å². The summed E-state index contributed by atoms with van der Waals surface area (Å²) >= 11 is 3.34. The lowest BCUT2D eigenvalue weighted by atomic mass is 10.1. The number of amides is 1.